The van der Waals surface area contributed by atoms with Crippen molar-refractivity contribution in [3.05, 3.63) is 17.7 Å². The molecule has 82 valence electrons. The SMILES string of the molecule is CC(C)OCc1ncc(C(C)(C)C)[nH]1.[HH]. The van der Waals surface area contributed by atoms with Crippen LogP contribution in [0.2, 0.25) is 0 Å². The molecule has 1 aromatic rings. The second kappa shape index (κ2) is 4.13. The molecule has 3 heteroatoms. The number of aromatic nitrogens is 2. The molecule has 0 amide bonds. The molecule has 0 aliphatic rings. The van der Waals surface area contributed by atoms with Gasteiger partial charge in [0.25, 0.3) is 0 Å². The van der Waals surface area contributed by atoms with Gasteiger partial charge in [-0.15, -0.1) is 0 Å². The first kappa shape index (κ1) is 11.2. The fraction of sp³-hybridized carbons (Fsp3) is 0.727. The van der Waals surface area contributed by atoms with Crippen LogP contribution in [0.1, 0.15) is 47.6 Å². The van der Waals surface area contributed by atoms with E-state index in [0.29, 0.717) is 6.61 Å². The Kier molecular flexibility index (Phi) is 3.32. The van der Waals surface area contributed by atoms with Gasteiger partial charge in [-0.1, -0.05) is 20.8 Å². The lowest BCUT2D eigenvalue weighted by Crippen LogP contribution is -2.11. The van der Waals surface area contributed by atoms with Crippen molar-refractivity contribution >= 4 is 0 Å². The summed E-state index contributed by atoms with van der Waals surface area (Å²) in [4.78, 5) is 7.55. The molecule has 0 spiro atoms. The van der Waals surface area contributed by atoms with E-state index in [9.17, 15) is 0 Å². The van der Waals surface area contributed by atoms with Gasteiger partial charge in [-0.2, -0.15) is 0 Å². The van der Waals surface area contributed by atoms with Gasteiger partial charge in [0.05, 0.1) is 6.10 Å². The molecule has 1 rings (SSSR count). The number of ether oxygens (including phenoxy) is 1. The highest BCUT2D eigenvalue weighted by atomic mass is 16.5. The van der Waals surface area contributed by atoms with E-state index < -0.39 is 0 Å². The second-order valence-electron chi connectivity index (χ2n) is 4.85. The first-order valence-corrected chi connectivity index (χ1v) is 5.05. The van der Waals surface area contributed by atoms with E-state index in [1.54, 1.807) is 0 Å². The third-order valence-corrected chi connectivity index (χ3v) is 1.99. The van der Waals surface area contributed by atoms with E-state index in [2.05, 4.69) is 30.7 Å². The number of aromatic amines is 1. The zero-order chi connectivity index (χ0) is 10.8. The van der Waals surface area contributed by atoms with Gasteiger partial charge in [-0.25, -0.2) is 4.98 Å². The molecule has 1 aromatic heterocycles. The Morgan fingerprint density at radius 3 is 2.57 bits per heavy atom. The maximum atomic E-state index is 5.46. The fourth-order valence-corrected chi connectivity index (χ4v) is 1.06. The van der Waals surface area contributed by atoms with Crippen LogP contribution < -0.4 is 0 Å². The highest BCUT2D eigenvalue weighted by Gasteiger charge is 2.16. The summed E-state index contributed by atoms with van der Waals surface area (Å²) in [5.74, 6) is 0.906. The van der Waals surface area contributed by atoms with Crippen LogP contribution in [0.4, 0.5) is 0 Å². The molecule has 0 aliphatic heterocycles. The minimum absolute atomic E-state index is 0. The molecule has 0 saturated heterocycles. The Hall–Kier alpha value is -0.830. The third kappa shape index (κ3) is 3.14. The Morgan fingerprint density at radius 2 is 2.14 bits per heavy atom. The Bertz CT molecular complexity index is 289. The summed E-state index contributed by atoms with van der Waals surface area (Å²) in [5, 5.41) is 0. The largest absolute Gasteiger partial charge is 0.371 e. The number of rotatable bonds is 3. The average molecular weight is 198 g/mol. The van der Waals surface area contributed by atoms with E-state index in [0.717, 1.165) is 11.5 Å². The Labute approximate surface area is 87.4 Å². The van der Waals surface area contributed by atoms with Gasteiger partial charge >= 0.3 is 0 Å². The molecule has 3 nitrogen and oxygen atoms in total. The predicted molar refractivity (Wildman–Crippen MR) is 59.3 cm³/mol. The van der Waals surface area contributed by atoms with Crippen LogP contribution in [0.25, 0.3) is 0 Å². The first-order chi connectivity index (χ1) is 6.39. The fourth-order valence-electron chi connectivity index (χ4n) is 1.06. The first-order valence-electron chi connectivity index (χ1n) is 5.05. The molecular formula is C11H22N2O. The monoisotopic (exact) mass is 198 g/mol. The lowest BCUT2D eigenvalue weighted by atomic mass is 9.93. The van der Waals surface area contributed by atoms with Crippen molar-refractivity contribution in [3.8, 4) is 0 Å². The summed E-state index contributed by atoms with van der Waals surface area (Å²) < 4.78 is 5.46. The van der Waals surface area contributed by atoms with Crippen LogP contribution in [-0.4, -0.2) is 16.1 Å². The van der Waals surface area contributed by atoms with Gasteiger partial charge in [0.2, 0.25) is 0 Å². The maximum absolute atomic E-state index is 5.46. The highest BCUT2D eigenvalue weighted by molar-refractivity contribution is 5.10. The molecule has 14 heavy (non-hydrogen) atoms. The van der Waals surface area contributed by atoms with Crippen molar-refractivity contribution < 1.29 is 6.16 Å². The standard InChI is InChI=1S/C11H20N2O.H2/c1-8(2)14-7-10-12-6-9(13-10)11(3,4)5;/h6,8H,7H2,1-5H3,(H,12,13);1H. The van der Waals surface area contributed by atoms with Crippen LogP contribution in [0.3, 0.4) is 0 Å². The molecule has 0 radical (unpaired) electrons. The number of nitrogens with one attached hydrogen (secondary N) is 1. The number of H-pyrrole nitrogens is 1. The second-order valence-corrected chi connectivity index (χ2v) is 4.85. The van der Waals surface area contributed by atoms with E-state index in [1.165, 1.54) is 0 Å². The molecule has 1 N–H and O–H groups in total. The zero-order valence-corrected chi connectivity index (χ0v) is 9.72. The normalized spacial score (nSPS) is 12.4. The van der Waals surface area contributed by atoms with Crippen LogP contribution in [0.15, 0.2) is 6.20 Å². The van der Waals surface area contributed by atoms with Gasteiger partial charge in [-0.05, 0) is 13.8 Å². The Morgan fingerprint density at radius 1 is 1.50 bits per heavy atom. The minimum Gasteiger partial charge on any atom is -0.371 e. The zero-order valence-electron chi connectivity index (χ0n) is 9.72. The van der Waals surface area contributed by atoms with Gasteiger partial charge in [0, 0.05) is 18.7 Å². The molecule has 0 fully saturated rings. The van der Waals surface area contributed by atoms with Gasteiger partial charge < -0.3 is 9.72 Å². The lowest BCUT2D eigenvalue weighted by Gasteiger charge is -2.15. The van der Waals surface area contributed by atoms with Crippen molar-refractivity contribution in [1.29, 1.82) is 0 Å². The molecule has 1 heterocycles. The third-order valence-electron chi connectivity index (χ3n) is 1.99. The molecule has 0 bridgehead atoms. The molecular weight excluding hydrogens is 176 g/mol. The summed E-state index contributed by atoms with van der Waals surface area (Å²) in [6.07, 6.45) is 2.14. The summed E-state index contributed by atoms with van der Waals surface area (Å²) in [5.41, 5.74) is 1.28. The van der Waals surface area contributed by atoms with Crippen molar-refractivity contribution in [1.82, 2.24) is 9.97 Å². The van der Waals surface area contributed by atoms with Gasteiger partial charge in [0.1, 0.15) is 12.4 Å². The van der Waals surface area contributed by atoms with E-state index in [-0.39, 0.29) is 12.9 Å². The number of hydrogen-bond donors (Lipinski definition) is 1. The minimum atomic E-state index is 0. The maximum Gasteiger partial charge on any atom is 0.132 e. The van der Waals surface area contributed by atoms with Crippen LogP contribution >= 0.6 is 0 Å². The van der Waals surface area contributed by atoms with Crippen LogP contribution in [-0.2, 0) is 16.8 Å². The van der Waals surface area contributed by atoms with Crippen molar-refractivity contribution in [2.45, 2.75) is 52.7 Å². The molecule has 0 atom stereocenters. The summed E-state index contributed by atoms with van der Waals surface area (Å²) in [6.45, 7) is 11.1. The lowest BCUT2D eigenvalue weighted by molar-refractivity contribution is 0.0616. The quantitative estimate of drug-likeness (QED) is 0.811. The topological polar surface area (TPSA) is 37.9 Å². The van der Waals surface area contributed by atoms with Crippen LogP contribution in [0.5, 0.6) is 0 Å². The number of nitrogens with zero attached hydrogens (tertiary/aromatic N) is 1. The van der Waals surface area contributed by atoms with Gasteiger partial charge in [0.15, 0.2) is 0 Å². The molecule has 0 unspecified atom stereocenters. The van der Waals surface area contributed by atoms with Gasteiger partial charge in [-0.3, -0.25) is 0 Å². The molecule has 0 saturated carbocycles. The van der Waals surface area contributed by atoms with Crippen molar-refractivity contribution in [2.24, 2.45) is 0 Å². The molecule has 0 aromatic carbocycles. The number of hydrogen-bond acceptors (Lipinski definition) is 2. The van der Waals surface area contributed by atoms with Crippen molar-refractivity contribution in [3.63, 3.8) is 0 Å². The van der Waals surface area contributed by atoms with E-state index in [4.69, 9.17) is 4.74 Å². The summed E-state index contributed by atoms with van der Waals surface area (Å²) in [6, 6.07) is 0. The predicted octanol–water partition coefficient (Wildman–Crippen LogP) is 2.88. The number of imidazole rings is 1. The summed E-state index contributed by atoms with van der Waals surface area (Å²) in [7, 11) is 0. The van der Waals surface area contributed by atoms with E-state index >= 15 is 0 Å². The highest BCUT2D eigenvalue weighted by Crippen LogP contribution is 2.19. The van der Waals surface area contributed by atoms with E-state index in [1.807, 2.05) is 20.0 Å². The van der Waals surface area contributed by atoms with Crippen molar-refractivity contribution in [2.75, 3.05) is 0 Å². The molecule has 0 aliphatic carbocycles. The average Bonchev–Trinajstić information content (AvgIpc) is 2.47. The summed E-state index contributed by atoms with van der Waals surface area (Å²) >= 11 is 0. The smallest absolute Gasteiger partial charge is 0.132 e. The van der Waals surface area contributed by atoms with Crippen LogP contribution in [0, 0.1) is 0 Å². The Balaban J connectivity index is 0.00000196.